The molecule has 2 nitrogen and oxygen atoms in total. The van der Waals surface area contributed by atoms with Crippen LogP contribution in [0.1, 0.15) is 40.0 Å². The third-order valence-electron chi connectivity index (χ3n) is 3.78. The van der Waals surface area contributed by atoms with Crippen LogP contribution in [0.4, 0.5) is 0 Å². The molecule has 0 aromatic carbocycles. The van der Waals surface area contributed by atoms with Crippen LogP contribution < -0.4 is 0 Å². The lowest BCUT2D eigenvalue weighted by molar-refractivity contribution is -0.0203. The molecule has 2 fully saturated rings. The van der Waals surface area contributed by atoms with E-state index in [-0.39, 0.29) is 0 Å². The summed E-state index contributed by atoms with van der Waals surface area (Å²) in [5.74, 6) is 0. The third kappa shape index (κ3) is 1.96. The molecule has 14 heavy (non-hydrogen) atoms. The summed E-state index contributed by atoms with van der Waals surface area (Å²) in [4.78, 5) is 2.50. The van der Waals surface area contributed by atoms with Crippen LogP contribution in [-0.4, -0.2) is 36.7 Å². The van der Waals surface area contributed by atoms with Gasteiger partial charge in [-0.25, -0.2) is 0 Å². The Hall–Kier alpha value is -0.0800. The molecule has 1 saturated carbocycles. The van der Waals surface area contributed by atoms with E-state index >= 15 is 0 Å². The largest absolute Gasteiger partial charge is 0.374 e. The average molecular weight is 197 g/mol. The highest BCUT2D eigenvalue weighted by atomic mass is 16.5. The number of likely N-dealkylation sites (N-methyl/N-ethyl adjacent to an activating group) is 1. The summed E-state index contributed by atoms with van der Waals surface area (Å²) in [7, 11) is 2.25. The molecule has 0 amide bonds. The molecule has 1 spiro atoms. The molecule has 1 saturated heterocycles. The number of hydrogen-bond donors (Lipinski definition) is 0. The summed E-state index contributed by atoms with van der Waals surface area (Å²) >= 11 is 0. The van der Waals surface area contributed by atoms with Crippen LogP contribution in [0.2, 0.25) is 0 Å². The smallest absolute Gasteiger partial charge is 0.0705 e. The monoisotopic (exact) mass is 197 g/mol. The number of rotatable bonds is 3. The lowest BCUT2D eigenvalue weighted by atomic mass is 10.0. The molecule has 0 N–H and O–H groups in total. The Kier molecular flexibility index (Phi) is 2.61. The second-order valence-electron chi connectivity index (χ2n) is 5.58. The Balaban J connectivity index is 1.91. The first-order valence-corrected chi connectivity index (χ1v) is 5.88. The van der Waals surface area contributed by atoms with Crippen molar-refractivity contribution in [2.24, 2.45) is 5.41 Å². The molecule has 0 aromatic rings. The molecule has 2 atom stereocenters. The van der Waals surface area contributed by atoms with Crippen molar-refractivity contribution in [2.75, 3.05) is 13.6 Å². The molecule has 0 bridgehead atoms. The highest BCUT2D eigenvalue weighted by Gasteiger charge is 2.51. The molecule has 1 aliphatic carbocycles. The van der Waals surface area contributed by atoms with E-state index in [9.17, 15) is 0 Å². The van der Waals surface area contributed by atoms with Gasteiger partial charge in [0.2, 0.25) is 0 Å². The average Bonchev–Trinajstić information content (AvgIpc) is 2.69. The lowest BCUT2D eigenvalue weighted by Gasteiger charge is -2.27. The van der Waals surface area contributed by atoms with Crippen molar-refractivity contribution in [3.05, 3.63) is 0 Å². The minimum absolute atomic E-state index is 0.356. The highest BCUT2D eigenvalue weighted by molar-refractivity contribution is 5.05. The zero-order valence-electron chi connectivity index (χ0n) is 9.92. The maximum atomic E-state index is 5.88. The van der Waals surface area contributed by atoms with Gasteiger partial charge in [0, 0.05) is 12.6 Å². The summed E-state index contributed by atoms with van der Waals surface area (Å²) in [6.07, 6.45) is 5.00. The van der Waals surface area contributed by atoms with Crippen LogP contribution in [-0.2, 0) is 4.74 Å². The molecule has 2 aliphatic rings. The summed E-state index contributed by atoms with van der Waals surface area (Å²) in [6, 6.07) is 0.653. The van der Waals surface area contributed by atoms with Gasteiger partial charge >= 0.3 is 0 Å². The van der Waals surface area contributed by atoms with Crippen molar-refractivity contribution < 1.29 is 4.74 Å². The predicted octanol–water partition coefficient (Wildman–Crippen LogP) is 2.28. The van der Waals surface area contributed by atoms with Crippen LogP contribution in [0.15, 0.2) is 0 Å². The number of ether oxygens (including phenoxy) is 1. The third-order valence-corrected chi connectivity index (χ3v) is 3.78. The first kappa shape index (κ1) is 10.4. The Morgan fingerprint density at radius 1 is 1.29 bits per heavy atom. The molecule has 2 rings (SSSR count). The van der Waals surface area contributed by atoms with Gasteiger partial charge in [-0.3, -0.25) is 0 Å². The first-order valence-electron chi connectivity index (χ1n) is 5.88. The van der Waals surface area contributed by atoms with Crippen molar-refractivity contribution in [1.82, 2.24) is 4.90 Å². The molecule has 0 radical (unpaired) electrons. The Morgan fingerprint density at radius 2 is 1.93 bits per heavy atom. The van der Waals surface area contributed by atoms with Crippen LogP contribution in [0, 0.1) is 5.41 Å². The minimum Gasteiger partial charge on any atom is -0.374 e. The SMILES string of the molecule is CC(C)OC(C)[C@@H]1CC2(CC2)CN1C. The second-order valence-corrected chi connectivity index (χ2v) is 5.58. The fourth-order valence-electron chi connectivity index (χ4n) is 2.89. The zero-order valence-corrected chi connectivity index (χ0v) is 9.92. The minimum atomic E-state index is 0.356. The summed E-state index contributed by atoms with van der Waals surface area (Å²) in [5, 5.41) is 0. The van der Waals surface area contributed by atoms with Gasteiger partial charge in [-0.1, -0.05) is 0 Å². The van der Waals surface area contributed by atoms with Gasteiger partial charge in [-0.05, 0) is 52.5 Å². The quantitative estimate of drug-likeness (QED) is 0.688. The van der Waals surface area contributed by atoms with E-state index in [1.165, 1.54) is 25.8 Å². The molecule has 1 unspecified atom stereocenters. The number of hydrogen-bond acceptors (Lipinski definition) is 2. The molecule has 1 heterocycles. The topological polar surface area (TPSA) is 12.5 Å². The van der Waals surface area contributed by atoms with Gasteiger partial charge in [0.1, 0.15) is 0 Å². The summed E-state index contributed by atoms with van der Waals surface area (Å²) < 4.78 is 5.88. The Bertz CT molecular complexity index is 210. The predicted molar refractivity (Wildman–Crippen MR) is 58.4 cm³/mol. The molecule has 1 aliphatic heterocycles. The van der Waals surface area contributed by atoms with Gasteiger partial charge in [0.05, 0.1) is 12.2 Å². The van der Waals surface area contributed by atoms with E-state index in [1.807, 2.05) is 0 Å². The van der Waals surface area contributed by atoms with E-state index in [0.717, 1.165) is 0 Å². The maximum absolute atomic E-state index is 5.88. The summed E-state index contributed by atoms with van der Waals surface area (Å²) in [6.45, 7) is 7.77. The Labute approximate surface area is 87.6 Å². The van der Waals surface area contributed by atoms with Crippen molar-refractivity contribution >= 4 is 0 Å². The maximum Gasteiger partial charge on any atom is 0.0705 e. The van der Waals surface area contributed by atoms with Gasteiger partial charge in [0.25, 0.3) is 0 Å². The molecular formula is C12H23NO. The summed E-state index contributed by atoms with van der Waals surface area (Å²) in [5.41, 5.74) is 0.702. The van der Waals surface area contributed by atoms with Crippen LogP contribution in [0.5, 0.6) is 0 Å². The van der Waals surface area contributed by atoms with E-state index in [1.54, 1.807) is 0 Å². The Morgan fingerprint density at radius 3 is 2.36 bits per heavy atom. The molecule has 2 heteroatoms. The van der Waals surface area contributed by atoms with Crippen molar-refractivity contribution in [2.45, 2.75) is 58.3 Å². The molecule has 82 valence electrons. The normalized spacial score (nSPS) is 32.8. The zero-order chi connectivity index (χ0) is 10.3. The van der Waals surface area contributed by atoms with Gasteiger partial charge in [-0.15, -0.1) is 0 Å². The van der Waals surface area contributed by atoms with Crippen molar-refractivity contribution in [3.8, 4) is 0 Å². The highest BCUT2D eigenvalue weighted by Crippen LogP contribution is 2.54. The number of nitrogens with zero attached hydrogens (tertiary/aromatic N) is 1. The van der Waals surface area contributed by atoms with Crippen molar-refractivity contribution in [1.29, 1.82) is 0 Å². The molecule has 0 aromatic heterocycles. The van der Waals surface area contributed by atoms with Crippen LogP contribution >= 0.6 is 0 Å². The lowest BCUT2D eigenvalue weighted by Crippen LogP contribution is -2.37. The standard InChI is InChI=1S/C12H23NO/c1-9(2)14-10(3)11-7-12(5-6-12)8-13(11)4/h9-11H,5-8H2,1-4H3/t10?,11-/m0/s1. The van der Waals surface area contributed by atoms with Crippen LogP contribution in [0.3, 0.4) is 0 Å². The number of likely N-dealkylation sites (tertiary alicyclic amines) is 1. The van der Waals surface area contributed by atoms with E-state index in [0.29, 0.717) is 23.7 Å². The van der Waals surface area contributed by atoms with Crippen molar-refractivity contribution in [3.63, 3.8) is 0 Å². The van der Waals surface area contributed by atoms with E-state index in [2.05, 4.69) is 32.7 Å². The first-order chi connectivity index (χ1) is 6.52. The van der Waals surface area contributed by atoms with Gasteiger partial charge < -0.3 is 9.64 Å². The fourth-order valence-corrected chi connectivity index (χ4v) is 2.89. The van der Waals surface area contributed by atoms with Gasteiger partial charge in [-0.2, -0.15) is 0 Å². The molecular weight excluding hydrogens is 174 g/mol. The van der Waals surface area contributed by atoms with E-state index in [4.69, 9.17) is 4.74 Å². The van der Waals surface area contributed by atoms with Gasteiger partial charge in [0.15, 0.2) is 0 Å². The van der Waals surface area contributed by atoms with Crippen LogP contribution in [0.25, 0.3) is 0 Å². The van der Waals surface area contributed by atoms with E-state index < -0.39 is 0 Å². The fraction of sp³-hybridized carbons (Fsp3) is 1.00. The second kappa shape index (κ2) is 3.49.